The van der Waals surface area contributed by atoms with Gasteiger partial charge in [0.15, 0.2) is 0 Å². The largest absolute Gasteiger partial charge is 0.480 e. The fourth-order valence-corrected chi connectivity index (χ4v) is 2.92. The first kappa shape index (κ1) is 17.7. The van der Waals surface area contributed by atoms with Crippen molar-refractivity contribution in [2.24, 2.45) is 0 Å². The number of carbonyl (C=O) groups excluding carboxylic acids is 1. The maximum Gasteiger partial charge on any atom is 0.326 e. The number of amides is 2. The Morgan fingerprint density at radius 3 is 2.52 bits per heavy atom. The van der Waals surface area contributed by atoms with Crippen LogP contribution in [0.25, 0.3) is 0 Å². The van der Waals surface area contributed by atoms with E-state index in [0.717, 1.165) is 19.1 Å². The van der Waals surface area contributed by atoms with Crippen molar-refractivity contribution in [1.82, 2.24) is 10.6 Å². The second-order valence-electron chi connectivity index (χ2n) is 5.29. The lowest BCUT2D eigenvalue weighted by Crippen LogP contribution is -2.49. The number of methoxy groups -OCH3 is 1. The smallest absolute Gasteiger partial charge is 0.326 e. The van der Waals surface area contributed by atoms with E-state index in [2.05, 4.69) is 10.6 Å². The molecule has 1 fully saturated rings. The Balaban J connectivity index is 2.44. The molecule has 1 aliphatic carbocycles. The third-order valence-corrected chi connectivity index (χ3v) is 4.41. The molecule has 0 bridgehead atoms. The monoisotopic (exact) mass is 322 g/mol. The van der Waals surface area contributed by atoms with Gasteiger partial charge in [0.25, 0.3) is 0 Å². The van der Waals surface area contributed by atoms with E-state index in [1.54, 1.807) is 7.11 Å². The van der Waals surface area contributed by atoms with Crippen molar-refractivity contribution in [3.05, 3.63) is 0 Å². The van der Waals surface area contributed by atoms with Crippen molar-refractivity contribution >= 4 is 21.8 Å². The first-order chi connectivity index (χ1) is 9.71. The summed E-state index contributed by atoms with van der Waals surface area (Å²) in [5.74, 6) is -1.55. The summed E-state index contributed by atoms with van der Waals surface area (Å²) in [6.07, 6.45) is 3.27. The molecule has 1 aliphatic rings. The highest BCUT2D eigenvalue weighted by atomic mass is 32.2. The van der Waals surface area contributed by atoms with Crippen LogP contribution in [0.3, 0.4) is 0 Å². The summed E-state index contributed by atoms with van der Waals surface area (Å²) in [6.45, 7) is 0. The average molecular weight is 322 g/mol. The second-order valence-corrected chi connectivity index (χ2v) is 7.55. The molecule has 8 nitrogen and oxygen atoms in total. The SMILES string of the molecule is COC1CCC(NC(=O)NC(CCS(C)(=O)=O)C(=O)O)C1. The number of carbonyl (C=O) groups is 2. The molecule has 0 saturated heterocycles. The standard InChI is InChI=1S/C12H22N2O6S/c1-20-9-4-3-8(7-9)13-12(17)14-10(11(15)16)5-6-21(2,18)19/h8-10H,3-7H2,1-2H3,(H,15,16)(H2,13,14,17). The van der Waals surface area contributed by atoms with Gasteiger partial charge in [0.2, 0.25) is 0 Å². The van der Waals surface area contributed by atoms with Crippen molar-refractivity contribution < 1.29 is 27.9 Å². The van der Waals surface area contributed by atoms with Crippen molar-refractivity contribution in [3.63, 3.8) is 0 Å². The Morgan fingerprint density at radius 2 is 2.05 bits per heavy atom. The highest BCUT2D eigenvalue weighted by Crippen LogP contribution is 2.21. The number of carboxylic acids is 1. The first-order valence-electron chi connectivity index (χ1n) is 6.71. The summed E-state index contributed by atoms with van der Waals surface area (Å²) >= 11 is 0. The van der Waals surface area contributed by atoms with Crippen molar-refractivity contribution in [2.45, 2.75) is 43.9 Å². The molecule has 21 heavy (non-hydrogen) atoms. The third kappa shape index (κ3) is 6.76. The predicted octanol–water partition coefficient (Wildman–Crippen LogP) is -0.259. The molecule has 1 saturated carbocycles. The molecule has 1 rings (SSSR count). The van der Waals surface area contributed by atoms with Gasteiger partial charge in [-0.1, -0.05) is 0 Å². The molecule has 0 aromatic carbocycles. The molecular formula is C12H22N2O6S. The average Bonchev–Trinajstić information content (AvgIpc) is 2.80. The van der Waals surface area contributed by atoms with Crippen LogP contribution in [0, 0.1) is 0 Å². The zero-order chi connectivity index (χ0) is 16.0. The van der Waals surface area contributed by atoms with E-state index >= 15 is 0 Å². The van der Waals surface area contributed by atoms with Crippen LogP contribution in [0.2, 0.25) is 0 Å². The summed E-state index contributed by atoms with van der Waals surface area (Å²) in [5, 5.41) is 14.0. The second kappa shape index (κ2) is 7.60. The Bertz CT molecular complexity index is 478. The van der Waals surface area contributed by atoms with Crippen LogP contribution in [-0.2, 0) is 19.4 Å². The molecule has 3 unspecified atom stereocenters. The van der Waals surface area contributed by atoms with Crippen LogP contribution in [-0.4, -0.2) is 62.8 Å². The molecule has 0 aromatic heterocycles. The number of urea groups is 1. The van der Waals surface area contributed by atoms with E-state index < -0.39 is 27.9 Å². The lowest BCUT2D eigenvalue weighted by Gasteiger charge is -2.17. The zero-order valence-corrected chi connectivity index (χ0v) is 13.0. The minimum atomic E-state index is -3.27. The Hall–Kier alpha value is -1.35. The number of hydrogen-bond donors (Lipinski definition) is 3. The summed E-state index contributed by atoms with van der Waals surface area (Å²) in [6, 6.07) is -1.88. The van der Waals surface area contributed by atoms with E-state index in [9.17, 15) is 18.0 Å². The molecule has 3 atom stereocenters. The van der Waals surface area contributed by atoms with Gasteiger partial charge in [-0.15, -0.1) is 0 Å². The molecule has 0 aliphatic heterocycles. The Labute approximate surface area is 124 Å². The van der Waals surface area contributed by atoms with Crippen molar-refractivity contribution in [1.29, 1.82) is 0 Å². The number of rotatable bonds is 7. The minimum absolute atomic E-state index is 0.0562. The summed E-state index contributed by atoms with van der Waals surface area (Å²) in [7, 11) is -1.66. The summed E-state index contributed by atoms with van der Waals surface area (Å²) in [4.78, 5) is 22.8. The zero-order valence-electron chi connectivity index (χ0n) is 12.2. The van der Waals surface area contributed by atoms with E-state index in [1.165, 1.54) is 0 Å². The van der Waals surface area contributed by atoms with Gasteiger partial charge < -0.3 is 20.5 Å². The molecule has 0 heterocycles. The Kier molecular flexibility index (Phi) is 6.41. The quantitative estimate of drug-likeness (QED) is 0.594. The summed E-state index contributed by atoms with van der Waals surface area (Å²) in [5.41, 5.74) is 0. The highest BCUT2D eigenvalue weighted by Gasteiger charge is 2.27. The lowest BCUT2D eigenvalue weighted by molar-refractivity contribution is -0.139. The highest BCUT2D eigenvalue weighted by molar-refractivity contribution is 7.90. The number of nitrogens with one attached hydrogen (secondary N) is 2. The minimum Gasteiger partial charge on any atom is -0.480 e. The summed E-state index contributed by atoms with van der Waals surface area (Å²) < 4.78 is 27.3. The van der Waals surface area contributed by atoms with Gasteiger partial charge in [-0.25, -0.2) is 18.0 Å². The van der Waals surface area contributed by atoms with Gasteiger partial charge in [0, 0.05) is 19.4 Å². The molecule has 0 aromatic rings. The molecule has 0 radical (unpaired) electrons. The number of carboxylic acid groups (broad SMARTS) is 1. The molecule has 2 amide bonds. The lowest BCUT2D eigenvalue weighted by atomic mass is 10.2. The van der Waals surface area contributed by atoms with Gasteiger partial charge in [-0.05, 0) is 25.7 Å². The van der Waals surface area contributed by atoms with E-state index in [0.29, 0.717) is 6.42 Å². The van der Waals surface area contributed by atoms with Crippen LogP contribution in [0.15, 0.2) is 0 Å². The van der Waals surface area contributed by atoms with E-state index in [1.807, 2.05) is 0 Å². The van der Waals surface area contributed by atoms with Crippen LogP contribution >= 0.6 is 0 Å². The maximum absolute atomic E-state index is 11.8. The van der Waals surface area contributed by atoms with Crippen LogP contribution in [0.5, 0.6) is 0 Å². The van der Waals surface area contributed by atoms with Crippen LogP contribution < -0.4 is 10.6 Å². The first-order valence-corrected chi connectivity index (χ1v) is 8.77. The van der Waals surface area contributed by atoms with Gasteiger partial charge in [0.05, 0.1) is 11.9 Å². The number of sulfone groups is 1. The molecular weight excluding hydrogens is 300 g/mol. The normalized spacial score (nSPS) is 23.5. The number of ether oxygens (including phenoxy) is 1. The van der Waals surface area contributed by atoms with E-state index in [-0.39, 0.29) is 24.3 Å². The fourth-order valence-electron chi connectivity index (χ4n) is 2.26. The third-order valence-electron chi connectivity index (χ3n) is 3.43. The topological polar surface area (TPSA) is 122 Å². The van der Waals surface area contributed by atoms with Crippen LogP contribution in [0.4, 0.5) is 4.79 Å². The number of aliphatic carboxylic acids is 1. The molecule has 3 N–H and O–H groups in total. The van der Waals surface area contributed by atoms with Crippen molar-refractivity contribution in [2.75, 3.05) is 19.1 Å². The van der Waals surface area contributed by atoms with Gasteiger partial charge >= 0.3 is 12.0 Å². The maximum atomic E-state index is 11.8. The fraction of sp³-hybridized carbons (Fsp3) is 0.833. The van der Waals surface area contributed by atoms with Gasteiger partial charge in [-0.2, -0.15) is 0 Å². The molecule has 0 spiro atoms. The predicted molar refractivity (Wildman–Crippen MR) is 75.9 cm³/mol. The van der Waals surface area contributed by atoms with Crippen LogP contribution in [0.1, 0.15) is 25.7 Å². The molecule has 9 heteroatoms. The molecule has 122 valence electrons. The van der Waals surface area contributed by atoms with E-state index in [4.69, 9.17) is 9.84 Å². The number of hydrogen-bond acceptors (Lipinski definition) is 5. The van der Waals surface area contributed by atoms with Gasteiger partial charge in [0.1, 0.15) is 15.9 Å². The van der Waals surface area contributed by atoms with Crippen molar-refractivity contribution in [3.8, 4) is 0 Å². The Morgan fingerprint density at radius 1 is 1.38 bits per heavy atom. The van der Waals surface area contributed by atoms with Gasteiger partial charge in [-0.3, -0.25) is 0 Å².